The molecule has 0 N–H and O–H groups in total. The number of amidine groups is 1. The highest BCUT2D eigenvalue weighted by molar-refractivity contribution is 7.20. The third-order valence-electron chi connectivity index (χ3n) is 2.75. The third kappa shape index (κ3) is 1.73. The molecule has 19 heavy (non-hydrogen) atoms. The van der Waals surface area contributed by atoms with Crippen LogP contribution in [-0.2, 0) is 0 Å². The molecule has 0 saturated carbocycles. The van der Waals surface area contributed by atoms with Crippen LogP contribution in [-0.4, -0.2) is 20.6 Å². The molecule has 0 aliphatic carbocycles. The van der Waals surface area contributed by atoms with Crippen LogP contribution >= 0.6 is 11.3 Å². The molecule has 1 aromatic carbocycles. The lowest BCUT2D eigenvalue weighted by Gasteiger charge is -1.94. The Labute approximate surface area is 112 Å². The molecule has 0 fully saturated rings. The van der Waals surface area contributed by atoms with Crippen molar-refractivity contribution in [1.82, 2.24) is 20.1 Å². The lowest BCUT2D eigenvalue weighted by Crippen LogP contribution is -2.06. The first-order chi connectivity index (χ1) is 9.40. The van der Waals surface area contributed by atoms with Crippen LogP contribution in [0, 0.1) is 0 Å². The van der Waals surface area contributed by atoms with Gasteiger partial charge in [-0.2, -0.15) is 5.10 Å². The van der Waals surface area contributed by atoms with Crippen molar-refractivity contribution in [3.05, 3.63) is 53.9 Å². The topological polar surface area (TPSA) is 57.2 Å². The van der Waals surface area contributed by atoms with E-state index in [1.807, 2.05) is 36.5 Å². The number of nitrogens with zero attached hydrogens (tertiary/aromatic N) is 5. The second-order valence-corrected chi connectivity index (χ2v) is 5.02. The molecule has 91 valence electrons. The van der Waals surface area contributed by atoms with Gasteiger partial charge in [0.2, 0.25) is 0 Å². The van der Waals surface area contributed by atoms with Gasteiger partial charge in [0.1, 0.15) is 0 Å². The molecule has 0 bridgehead atoms. The van der Waals surface area contributed by atoms with Crippen LogP contribution in [0.2, 0.25) is 0 Å². The van der Waals surface area contributed by atoms with Crippen molar-refractivity contribution >= 4 is 33.2 Å². The number of para-hydroxylation sites is 1. The summed E-state index contributed by atoms with van der Waals surface area (Å²) in [6.45, 7) is 0. The van der Waals surface area contributed by atoms with Gasteiger partial charge >= 0.3 is 0 Å². The maximum absolute atomic E-state index is 4.54. The van der Waals surface area contributed by atoms with Gasteiger partial charge in [-0.1, -0.05) is 12.1 Å². The van der Waals surface area contributed by atoms with Crippen LogP contribution in [0.3, 0.4) is 0 Å². The number of hydrogen-bond acceptors (Lipinski definition) is 4. The summed E-state index contributed by atoms with van der Waals surface area (Å²) in [5, 5.41) is 9.28. The highest BCUT2D eigenvalue weighted by Crippen LogP contribution is 2.24. The molecule has 0 atom stereocenters. The van der Waals surface area contributed by atoms with Gasteiger partial charge in [-0.15, -0.1) is 11.3 Å². The van der Waals surface area contributed by atoms with Crippen molar-refractivity contribution in [2.24, 2.45) is 4.99 Å². The van der Waals surface area contributed by atoms with Crippen molar-refractivity contribution in [2.45, 2.75) is 0 Å². The Morgan fingerprint density at radius 1 is 1.11 bits per heavy atom. The van der Waals surface area contributed by atoms with Crippen LogP contribution in [0.25, 0.3) is 16.0 Å². The van der Waals surface area contributed by atoms with Crippen molar-refractivity contribution in [3.8, 4) is 0 Å². The Morgan fingerprint density at radius 2 is 2.05 bits per heavy atom. The van der Waals surface area contributed by atoms with Crippen molar-refractivity contribution in [3.63, 3.8) is 0 Å². The van der Waals surface area contributed by atoms with Gasteiger partial charge in [0, 0.05) is 12.4 Å². The van der Waals surface area contributed by atoms with Crippen molar-refractivity contribution < 1.29 is 0 Å². The van der Waals surface area contributed by atoms with Gasteiger partial charge in [-0.3, -0.25) is 0 Å². The fraction of sp³-hybridized carbons (Fsp3) is 0. The predicted octanol–water partition coefficient (Wildman–Crippen LogP) is 2.31. The van der Waals surface area contributed by atoms with Gasteiger partial charge in [-0.25, -0.2) is 20.0 Å². The quantitative estimate of drug-likeness (QED) is 0.714. The van der Waals surface area contributed by atoms with E-state index in [1.54, 1.807) is 28.4 Å². The largest absolute Gasteiger partial charge is 0.233 e. The van der Waals surface area contributed by atoms with E-state index in [1.165, 1.54) is 0 Å². The van der Waals surface area contributed by atoms with Crippen LogP contribution in [0.1, 0.15) is 5.01 Å². The lowest BCUT2D eigenvalue weighted by molar-refractivity contribution is 0.889. The molecule has 1 radical (unpaired) electrons. The first-order valence-corrected chi connectivity index (χ1v) is 6.57. The summed E-state index contributed by atoms with van der Waals surface area (Å²) in [5.41, 5.74) is 0.980. The SMILES string of the molecule is C1=C(n2cccn2)N=C(c2nc3ccccc3s2)[N]1. The van der Waals surface area contributed by atoms with Crippen LogP contribution in [0.5, 0.6) is 0 Å². The molecule has 2 aromatic heterocycles. The Balaban J connectivity index is 1.73. The van der Waals surface area contributed by atoms with Crippen LogP contribution in [0.4, 0.5) is 0 Å². The first kappa shape index (κ1) is 10.5. The second-order valence-electron chi connectivity index (χ2n) is 3.99. The van der Waals surface area contributed by atoms with E-state index in [9.17, 15) is 0 Å². The Bertz CT molecular complexity index is 764. The van der Waals surface area contributed by atoms with Crippen molar-refractivity contribution in [1.29, 1.82) is 0 Å². The summed E-state index contributed by atoms with van der Waals surface area (Å²) < 4.78 is 2.83. The molecule has 1 aliphatic heterocycles. The lowest BCUT2D eigenvalue weighted by atomic mass is 10.3. The number of rotatable bonds is 2. The predicted molar refractivity (Wildman–Crippen MR) is 74.8 cm³/mol. The highest BCUT2D eigenvalue weighted by atomic mass is 32.1. The molecule has 0 amide bonds. The van der Waals surface area contributed by atoms with E-state index in [-0.39, 0.29) is 0 Å². The van der Waals surface area contributed by atoms with E-state index in [4.69, 9.17) is 0 Å². The van der Waals surface area contributed by atoms with E-state index >= 15 is 0 Å². The molecule has 1 aliphatic rings. The van der Waals surface area contributed by atoms with Gasteiger partial charge in [0.05, 0.1) is 16.4 Å². The van der Waals surface area contributed by atoms with Gasteiger partial charge in [0.25, 0.3) is 0 Å². The number of hydrogen-bond donors (Lipinski definition) is 0. The summed E-state index contributed by atoms with van der Waals surface area (Å²) in [6.07, 6.45) is 5.26. The molecule has 0 saturated heterocycles. The molecule has 4 rings (SSSR count). The molecule has 6 heteroatoms. The maximum atomic E-state index is 4.54. The summed E-state index contributed by atoms with van der Waals surface area (Å²) in [6, 6.07) is 9.88. The number of aliphatic imine (C=N–C) groups is 1. The molecular weight excluding hydrogens is 258 g/mol. The number of thiazole rings is 1. The average Bonchev–Trinajstić information content (AvgIpc) is 3.17. The van der Waals surface area contributed by atoms with Gasteiger partial charge in [0.15, 0.2) is 16.7 Å². The smallest absolute Gasteiger partial charge is 0.190 e. The average molecular weight is 266 g/mol. The number of fused-ring (bicyclic) bond motifs is 1. The molecular formula is C13H8N5S. The molecule has 3 heterocycles. The van der Waals surface area contributed by atoms with E-state index < -0.39 is 0 Å². The van der Waals surface area contributed by atoms with Gasteiger partial charge in [-0.05, 0) is 18.2 Å². The Hall–Kier alpha value is -2.47. The molecule has 0 spiro atoms. The number of benzene rings is 1. The molecule has 0 unspecified atom stereocenters. The third-order valence-corrected chi connectivity index (χ3v) is 3.78. The zero-order chi connectivity index (χ0) is 12.7. The minimum atomic E-state index is 0.645. The van der Waals surface area contributed by atoms with Crippen LogP contribution < -0.4 is 5.32 Å². The summed E-state index contributed by atoms with van der Waals surface area (Å²) in [5.74, 6) is 1.35. The second kappa shape index (κ2) is 4.03. The van der Waals surface area contributed by atoms with E-state index in [0.29, 0.717) is 11.7 Å². The maximum Gasteiger partial charge on any atom is 0.190 e. The standard InChI is InChI=1S/C13H8N5S/c1-2-5-10-9(4-1)16-13(19-10)12-14-8-11(17-12)18-7-3-6-15-18/h1-8H. The zero-order valence-corrected chi connectivity index (χ0v) is 10.6. The monoisotopic (exact) mass is 266 g/mol. The van der Waals surface area contributed by atoms with Gasteiger partial charge < -0.3 is 0 Å². The fourth-order valence-electron chi connectivity index (χ4n) is 1.87. The summed E-state index contributed by atoms with van der Waals surface area (Å²) in [7, 11) is 0. The molecule has 5 nitrogen and oxygen atoms in total. The highest BCUT2D eigenvalue weighted by Gasteiger charge is 2.17. The summed E-state index contributed by atoms with van der Waals surface area (Å²) in [4.78, 5) is 9.00. The number of aromatic nitrogens is 3. The first-order valence-electron chi connectivity index (χ1n) is 5.76. The Morgan fingerprint density at radius 3 is 2.89 bits per heavy atom. The van der Waals surface area contributed by atoms with E-state index in [0.717, 1.165) is 15.2 Å². The van der Waals surface area contributed by atoms with E-state index in [2.05, 4.69) is 20.4 Å². The summed E-state index contributed by atoms with van der Waals surface area (Å²) >= 11 is 1.60. The fourth-order valence-corrected chi connectivity index (χ4v) is 2.78. The van der Waals surface area contributed by atoms with Crippen LogP contribution in [0.15, 0.2) is 53.9 Å². The Kier molecular flexibility index (Phi) is 2.22. The zero-order valence-electron chi connectivity index (χ0n) is 9.76. The minimum absolute atomic E-state index is 0.645. The minimum Gasteiger partial charge on any atom is -0.233 e. The molecule has 3 aromatic rings. The normalized spacial score (nSPS) is 14.3. The van der Waals surface area contributed by atoms with Crippen molar-refractivity contribution in [2.75, 3.05) is 0 Å².